The molecular formula is C48H51Cl2F2N10O6+. The van der Waals surface area contributed by atoms with Crippen molar-refractivity contribution in [1.29, 1.82) is 0 Å². The molecule has 68 heavy (non-hydrogen) atoms. The highest BCUT2D eigenvalue weighted by Crippen LogP contribution is 2.37. The van der Waals surface area contributed by atoms with Crippen LogP contribution in [-0.2, 0) is 19.1 Å². The first-order chi connectivity index (χ1) is 32.7. The first kappa shape index (κ1) is 48.2. The molecule has 0 radical (unpaired) electrons. The summed E-state index contributed by atoms with van der Waals surface area (Å²) >= 11 is 12.1. The smallest absolute Gasteiger partial charge is 0.248 e. The molecule has 4 heterocycles. The van der Waals surface area contributed by atoms with Gasteiger partial charge in [0, 0.05) is 66.0 Å². The fourth-order valence-electron chi connectivity index (χ4n) is 8.18. The number of carbonyl (C=O) groups is 2. The first-order valence-electron chi connectivity index (χ1n) is 22.0. The van der Waals surface area contributed by atoms with E-state index in [-0.39, 0.29) is 40.7 Å². The van der Waals surface area contributed by atoms with Gasteiger partial charge in [-0.2, -0.15) is 0 Å². The van der Waals surface area contributed by atoms with Crippen LogP contribution in [0, 0.1) is 11.6 Å². The van der Waals surface area contributed by atoms with Crippen LogP contribution in [0.4, 0.5) is 43.2 Å². The van der Waals surface area contributed by atoms with Gasteiger partial charge >= 0.3 is 0 Å². The summed E-state index contributed by atoms with van der Waals surface area (Å²) < 4.78 is 52.0. The number of quaternary nitrogens is 1. The zero-order valence-corrected chi connectivity index (χ0v) is 39.3. The number of likely N-dealkylation sites (N-methyl/N-ethyl adjacent to an activating group) is 1. The Balaban J connectivity index is 0.953. The Morgan fingerprint density at radius 2 is 1.29 bits per heavy atom. The van der Waals surface area contributed by atoms with E-state index in [1.165, 1.54) is 43.0 Å². The van der Waals surface area contributed by atoms with Gasteiger partial charge in [-0.3, -0.25) is 14.5 Å². The molecule has 8 rings (SSSR count). The Labute approximate surface area is 401 Å². The van der Waals surface area contributed by atoms with Gasteiger partial charge < -0.3 is 44.7 Å². The van der Waals surface area contributed by atoms with Gasteiger partial charge in [0.25, 0.3) is 0 Å². The number of rotatable bonds is 18. The second-order valence-corrected chi connectivity index (χ2v) is 18.1. The average Bonchev–Trinajstić information content (AvgIpc) is 4.02. The second kappa shape index (κ2) is 21.3. The zero-order chi connectivity index (χ0) is 48.0. The van der Waals surface area contributed by atoms with Crippen LogP contribution in [0.5, 0.6) is 11.5 Å². The molecule has 6 aromatic rings. The lowest BCUT2D eigenvalue weighted by atomic mass is 10.1. The quantitative estimate of drug-likeness (QED) is 0.0366. The van der Waals surface area contributed by atoms with Gasteiger partial charge in [-0.25, -0.2) is 28.7 Å². The number of nitrogens with zero attached hydrogens (tertiary/aromatic N) is 6. The molecule has 2 aliphatic rings. The topological polar surface area (TPSA) is 174 Å². The van der Waals surface area contributed by atoms with E-state index in [9.17, 15) is 18.4 Å². The van der Waals surface area contributed by atoms with E-state index in [0.29, 0.717) is 124 Å². The Kier molecular flexibility index (Phi) is 15.1. The molecular weight excluding hydrogens is 921 g/mol. The van der Waals surface area contributed by atoms with Crippen molar-refractivity contribution in [2.75, 3.05) is 82.4 Å². The summed E-state index contributed by atoms with van der Waals surface area (Å²) in [6.45, 7) is 2.41. The normalized spacial score (nSPS) is 16.7. The van der Waals surface area contributed by atoms with E-state index in [1.807, 2.05) is 28.2 Å². The fraction of sp³-hybridized carbons (Fsp3) is 0.333. The van der Waals surface area contributed by atoms with E-state index in [4.69, 9.17) is 42.1 Å². The van der Waals surface area contributed by atoms with Crippen molar-refractivity contribution in [1.82, 2.24) is 24.8 Å². The van der Waals surface area contributed by atoms with Crippen LogP contribution < -0.4 is 30.7 Å². The average molecular weight is 973 g/mol. The summed E-state index contributed by atoms with van der Waals surface area (Å²) in [5.41, 5.74) is 2.98. The van der Waals surface area contributed by atoms with E-state index in [2.05, 4.69) is 46.1 Å². The third-order valence-corrected chi connectivity index (χ3v) is 12.2. The molecule has 1 unspecified atom stereocenters. The minimum absolute atomic E-state index is 0.0421. The molecule has 2 amide bonds. The highest BCUT2D eigenvalue weighted by Gasteiger charge is 2.30. The maximum atomic E-state index is 13.9. The highest BCUT2D eigenvalue weighted by molar-refractivity contribution is 6.31. The zero-order valence-electron chi connectivity index (χ0n) is 37.8. The molecule has 356 valence electrons. The van der Waals surface area contributed by atoms with Crippen LogP contribution in [0.25, 0.3) is 21.8 Å². The standard InChI is InChI=1S/C48H50Cl2F2N10O6/c1-61(2)46(12-11-45(64)60-41-21-33-39(23-43(41)68-31-14-17-66-25-31)54-27-56-48(33)58-29-8-10-37(52)35(50)19-29)62(3,4)15-5-6-44(63)59-40-20-32-38(22-42(40)67-30-13-16-65-24-30)53-26-55-47(32)57-28-7-9-36(51)34(49)18-28/h5-10,18-23,26-27,30-31,46H,11-17,24-25H2,1-4H3,(H3-,53,54,55,56,57,58,59,60,63,64)/p+1/b6-5-/t30-,31-,46?/m0/s1. The van der Waals surface area contributed by atoms with Gasteiger partial charge in [-0.15, -0.1) is 0 Å². The Bertz CT molecular complexity index is 2840. The molecule has 0 aliphatic carbocycles. The van der Waals surface area contributed by atoms with Gasteiger partial charge in [0.1, 0.15) is 65.8 Å². The maximum Gasteiger partial charge on any atom is 0.248 e. The number of carbonyl (C=O) groups excluding carboxylic acids is 2. The van der Waals surface area contributed by atoms with Crippen LogP contribution in [0.1, 0.15) is 25.7 Å². The minimum atomic E-state index is -0.547. The minimum Gasteiger partial charge on any atom is -0.486 e. The van der Waals surface area contributed by atoms with Crippen molar-refractivity contribution in [3.63, 3.8) is 0 Å². The molecule has 2 fully saturated rings. The summed E-state index contributed by atoms with van der Waals surface area (Å²) in [5, 5.41) is 13.5. The van der Waals surface area contributed by atoms with Crippen molar-refractivity contribution in [3.8, 4) is 11.5 Å². The van der Waals surface area contributed by atoms with Crippen LogP contribution in [0.2, 0.25) is 10.0 Å². The lowest BCUT2D eigenvalue weighted by Crippen LogP contribution is -2.55. The number of hydrogen-bond donors (Lipinski definition) is 4. The monoisotopic (exact) mass is 971 g/mol. The molecule has 2 saturated heterocycles. The molecule has 4 aromatic carbocycles. The molecule has 0 bridgehead atoms. The van der Waals surface area contributed by atoms with Crippen molar-refractivity contribution in [2.24, 2.45) is 0 Å². The lowest BCUT2D eigenvalue weighted by Gasteiger charge is -2.40. The number of benzene rings is 4. The molecule has 0 saturated carbocycles. The maximum absolute atomic E-state index is 13.9. The van der Waals surface area contributed by atoms with Crippen molar-refractivity contribution < 1.29 is 41.8 Å². The first-order valence-corrected chi connectivity index (χ1v) is 22.7. The summed E-state index contributed by atoms with van der Waals surface area (Å²) in [5.74, 6) is -0.0234. The molecule has 0 spiro atoms. The molecule has 2 aromatic heterocycles. The van der Waals surface area contributed by atoms with Crippen LogP contribution >= 0.6 is 23.2 Å². The van der Waals surface area contributed by atoms with Gasteiger partial charge in [-0.05, 0) is 68.7 Å². The molecule has 3 atom stereocenters. The van der Waals surface area contributed by atoms with Crippen molar-refractivity contribution in [3.05, 3.63) is 107 Å². The number of halogens is 4. The molecule has 4 N–H and O–H groups in total. The Morgan fingerprint density at radius 3 is 1.76 bits per heavy atom. The highest BCUT2D eigenvalue weighted by atomic mass is 35.5. The number of hydrogen-bond acceptors (Lipinski definition) is 13. The molecule has 16 nitrogen and oxygen atoms in total. The van der Waals surface area contributed by atoms with Crippen LogP contribution in [0.15, 0.2) is 85.5 Å². The van der Waals surface area contributed by atoms with Crippen molar-refractivity contribution in [2.45, 2.75) is 44.1 Å². The number of aromatic nitrogens is 4. The predicted octanol–water partition coefficient (Wildman–Crippen LogP) is 8.86. The summed E-state index contributed by atoms with van der Waals surface area (Å²) in [4.78, 5) is 47.3. The van der Waals surface area contributed by atoms with Crippen LogP contribution in [-0.4, -0.2) is 121 Å². The van der Waals surface area contributed by atoms with E-state index in [0.717, 1.165) is 0 Å². The Hall–Kier alpha value is -6.28. The third kappa shape index (κ3) is 11.9. The van der Waals surface area contributed by atoms with Gasteiger partial charge in [-0.1, -0.05) is 23.2 Å². The number of amides is 2. The summed E-state index contributed by atoms with van der Waals surface area (Å²) in [6.07, 6.45) is 7.54. The van der Waals surface area contributed by atoms with Gasteiger partial charge in [0.15, 0.2) is 0 Å². The van der Waals surface area contributed by atoms with E-state index >= 15 is 0 Å². The largest absolute Gasteiger partial charge is 0.486 e. The summed E-state index contributed by atoms with van der Waals surface area (Å²) in [7, 11) is 7.98. The Morgan fingerprint density at radius 1 is 0.779 bits per heavy atom. The number of nitrogens with one attached hydrogen (secondary N) is 4. The third-order valence-electron chi connectivity index (χ3n) is 11.6. The molecule has 2 aliphatic heterocycles. The van der Waals surface area contributed by atoms with Crippen LogP contribution in [0.3, 0.4) is 0 Å². The lowest BCUT2D eigenvalue weighted by molar-refractivity contribution is -0.921. The van der Waals surface area contributed by atoms with Crippen molar-refractivity contribution >= 4 is 91.2 Å². The van der Waals surface area contributed by atoms with E-state index < -0.39 is 17.5 Å². The number of fused-ring (bicyclic) bond motifs is 2. The van der Waals surface area contributed by atoms with E-state index in [1.54, 1.807) is 42.5 Å². The number of anilines is 6. The van der Waals surface area contributed by atoms with Gasteiger partial charge in [0.2, 0.25) is 11.8 Å². The second-order valence-electron chi connectivity index (χ2n) is 17.3. The fourth-order valence-corrected chi connectivity index (χ4v) is 8.54. The van der Waals surface area contributed by atoms with Gasteiger partial charge in [0.05, 0.1) is 79.5 Å². The molecule has 20 heteroatoms. The SMILES string of the molecule is CN(C)C(CCC(=O)Nc1cc2c(Nc3ccc(F)c(Cl)c3)ncnc2cc1O[C@H]1CCOC1)[N+](C)(C)C/C=C\C(=O)Nc1cc2c(Nc3ccc(F)c(Cl)c3)ncnc2cc1O[C@H]1CCOC1. The predicted molar refractivity (Wildman–Crippen MR) is 258 cm³/mol. The number of ether oxygens (including phenoxy) is 4. The summed E-state index contributed by atoms with van der Waals surface area (Å²) in [6, 6.07) is 15.5.